The number of aromatic nitrogens is 2. The van der Waals surface area contributed by atoms with Gasteiger partial charge in [-0.1, -0.05) is 30.3 Å². The fourth-order valence-electron chi connectivity index (χ4n) is 2.70. The standard InChI is InChI=1S/C18H15N3O2S2/c1-12(13-5-3-2-4-6-13)21-15-8-7-14(11-16(15)23-18(21)22)25-20-17-19-9-10-24-17/h2-12H,1H3,(H,19,20). The van der Waals surface area contributed by atoms with Crippen LogP contribution in [0.25, 0.3) is 11.1 Å². The second-order valence-electron chi connectivity index (χ2n) is 5.50. The quantitative estimate of drug-likeness (QED) is 0.513. The van der Waals surface area contributed by atoms with Gasteiger partial charge in [0.05, 0.1) is 11.6 Å². The maximum atomic E-state index is 12.4. The molecule has 4 rings (SSSR count). The van der Waals surface area contributed by atoms with Crippen LogP contribution in [0, 0.1) is 0 Å². The molecule has 2 heterocycles. The Labute approximate surface area is 152 Å². The Bertz CT molecular complexity index is 1040. The van der Waals surface area contributed by atoms with Gasteiger partial charge in [0.25, 0.3) is 0 Å². The van der Waals surface area contributed by atoms with Crippen molar-refractivity contribution in [2.45, 2.75) is 17.9 Å². The van der Waals surface area contributed by atoms with Crippen LogP contribution >= 0.6 is 23.3 Å². The van der Waals surface area contributed by atoms with Crippen LogP contribution in [0.3, 0.4) is 0 Å². The largest absolute Gasteiger partial charge is 0.420 e. The Morgan fingerprint density at radius 2 is 2.08 bits per heavy atom. The fourth-order valence-corrected chi connectivity index (χ4v) is 3.95. The molecule has 4 aromatic rings. The molecule has 1 N–H and O–H groups in total. The average Bonchev–Trinajstić information content (AvgIpc) is 3.26. The van der Waals surface area contributed by atoms with Gasteiger partial charge >= 0.3 is 5.76 Å². The maximum Gasteiger partial charge on any atom is 0.420 e. The second-order valence-corrected chi connectivity index (χ2v) is 7.27. The van der Waals surface area contributed by atoms with Crippen molar-refractivity contribution < 1.29 is 4.42 Å². The van der Waals surface area contributed by atoms with Gasteiger partial charge in [-0.15, -0.1) is 11.3 Å². The number of hydrogen-bond donors (Lipinski definition) is 1. The van der Waals surface area contributed by atoms with E-state index in [0.29, 0.717) is 5.58 Å². The molecule has 1 atom stereocenters. The van der Waals surface area contributed by atoms with Crippen LogP contribution in [-0.4, -0.2) is 9.55 Å². The Kier molecular flexibility index (Phi) is 4.33. The smallest absolute Gasteiger partial charge is 0.408 e. The monoisotopic (exact) mass is 369 g/mol. The number of fused-ring (bicyclic) bond motifs is 1. The predicted molar refractivity (Wildman–Crippen MR) is 102 cm³/mol. The SMILES string of the molecule is CC(c1ccccc1)n1c(=O)oc2cc(SNc3nccs3)ccc21. The molecule has 0 radical (unpaired) electrons. The van der Waals surface area contributed by atoms with Crippen LogP contribution in [0.4, 0.5) is 5.13 Å². The number of nitrogens with one attached hydrogen (secondary N) is 1. The Hall–Kier alpha value is -2.51. The van der Waals surface area contributed by atoms with Gasteiger partial charge in [0, 0.05) is 16.5 Å². The molecule has 0 aliphatic carbocycles. The van der Waals surface area contributed by atoms with E-state index >= 15 is 0 Å². The van der Waals surface area contributed by atoms with E-state index in [4.69, 9.17) is 4.42 Å². The average molecular weight is 369 g/mol. The molecular formula is C18H15N3O2S2. The van der Waals surface area contributed by atoms with Crippen molar-refractivity contribution >= 4 is 39.5 Å². The zero-order valence-electron chi connectivity index (χ0n) is 13.4. The van der Waals surface area contributed by atoms with E-state index in [9.17, 15) is 4.79 Å². The van der Waals surface area contributed by atoms with Crippen molar-refractivity contribution in [1.82, 2.24) is 9.55 Å². The minimum Gasteiger partial charge on any atom is -0.408 e. The summed E-state index contributed by atoms with van der Waals surface area (Å²) in [5, 5.41) is 2.75. The number of oxazole rings is 1. The molecule has 0 saturated carbocycles. The van der Waals surface area contributed by atoms with E-state index in [1.807, 2.05) is 60.8 Å². The van der Waals surface area contributed by atoms with Crippen LogP contribution in [-0.2, 0) is 0 Å². The first-order valence-corrected chi connectivity index (χ1v) is 9.44. The number of thiazole rings is 1. The van der Waals surface area contributed by atoms with Crippen molar-refractivity contribution in [2.75, 3.05) is 4.72 Å². The molecule has 7 heteroatoms. The molecule has 0 bridgehead atoms. The summed E-state index contributed by atoms with van der Waals surface area (Å²) >= 11 is 2.97. The van der Waals surface area contributed by atoms with Crippen molar-refractivity contribution in [1.29, 1.82) is 0 Å². The second kappa shape index (κ2) is 6.78. The summed E-state index contributed by atoms with van der Waals surface area (Å²) < 4.78 is 10.3. The zero-order chi connectivity index (χ0) is 17.2. The highest BCUT2D eigenvalue weighted by Crippen LogP contribution is 2.28. The molecule has 5 nitrogen and oxygen atoms in total. The first kappa shape index (κ1) is 16.0. The third kappa shape index (κ3) is 3.20. The molecule has 2 aromatic heterocycles. The highest BCUT2D eigenvalue weighted by atomic mass is 32.2. The van der Waals surface area contributed by atoms with Crippen LogP contribution < -0.4 is 10.5 Å². The number of anilines is 1. The zero-order valence-corrected chi connectivity index (χ0v) is 15.0. The highest BCUT2D eigenvalue weighted by Gasteiger charge is 2.17. The van der Waals surface area contributed by atoms with Crippen LogP contribution in [0.2, 0.25) is 0 Å². The summed E-state index contributed by atoms with van der Waals surface area (Å²) in [4.78, 5) is 17.5. The molecular weight excluding hydrogens is 354 g/mol. The molecule has 0 aliphatic heterocycles. The molecule has 25 heavy (non-hydrogen) atoms. The molecule has 0 spiro atoms. The Balaban J connectivity index is 1.65. The number of rotatable bonds is 5. The van der Waals surface area contributed by atoms with Crippen molar-refractivity contribution in [3.8, 4) is 0 Å². The third-order valence-corrected chi connectivity index (χ3v) is 5.55. The lowest BCUT2D eigenvalue weighted by atomic mass is 10.1. The number of hydrogen-bond acceptors (Lipinski definition) is 6. The summed E-state index contributed by atoms with van der Waals surface area (Å²) in [6.07, 6.45) is 1.75. The van der Waals surface area contributed by atoms with Crippen molar-refractivity contribution in [3.05, 3.63) is 76.2 Å². The molecule has 0 amide bonds. The van der Waals surface area contributed by atoms with Crippen LogP contribution in [0.1, 0.15) is 18.5 Å². The third-order valence-electron chi connectivity index (χ3n) is 3.94. The fraction of sp³-hybridized carbons (Fsp3) is 0.111. The Morgan fingerprint density at radius 1 is 1.24 bits per heavy atom. The van der Waals surface area contributed by atoms with E-state index in [0.717, 1.165) is 21.1 Å². The topological polar surface area (TPSA) is 60.1 Å². The number of benzene rings is 2. The maximum absolute atomic E-state index is 12.4. The predicted octanol–water partition coefficient (Wildman–Crippen LogP) is 4.78. The van der Waals surface area contributed by atoms with E-state index in [1.165, 1.54) is 23.3 Å². The van der Waals surface area contributed by atoms with Gasteiger partial charge in [0.2, 0.25) is 0 Å². The summed E-state index contributed by atoms with van der Waals surface area (Å²) in [5.74, 6) is -0.346. The van der Waals surface area contributed by atoms with E-state index in [-0.39, 0.29) is 11.8 Å². The van der Waals surface area contributed by atoms with Gasteiger partial charge in [-0.3, -0.25) is 4.57 Å². The van der Waals surface area contributed by atoms with Gasteiger partial charge in [0.1, 0.15) is 0 Å². The van der Waals surface area contributed by atoms with E-state index in [1.54, 1.807) is 10.8 Å². The van der Waals surface area contributed by atoms with Gasteiger partial charge in [-0.05, 0) is 42.6 Å². The Morgan fingerprint density at radius 3 is 2.84 bits per heavy atom. The van der Waals surface area contributed by atoms with E-state index in [2.05, 4.69) is 9.71 Å². The first-order chi connectivity index (χ1) is 12.2. The van der Waals surface area contributed by atoms with Gasteiger partial charge in [-0.25, -0.2) is 9.78 Å². The molecule has 0 saturated heterocycles. The van der Waals surface area contributed by atoms with Crippen molar-refractivity contribution in [2.24, 2.45) is 0 Å². The van der Waals surface area contributed by atoms with Gasteiger partial charge in [0.15, 0.2) is 10.7 Å². The summed E-state index contributed by atoms with van der Waals surface area (Å²) in [6.45, 7) is 2.00. The van der Waals surface area contributed by atoms with E-state index < -0.39 is 0 Å². The lowest BCUT2D eigenvalue weighted by molar-refractivity contribution is 0.489. The first-order valence-electron chi connectivity index (χ1n) is 7.75. The van der Waals surface area contributed by atoms with Crippen molar-refractivity contribution in [3.63, 3.8) is 0 Å². The normalized spacial score (nSPS) is 12.4. The highest BCUT2D eigenvalue weighted by molar-refractivity contribution is 8.00. The minimum atomic E-state index is -0.346. The van der Waals surface area contributed by atoms with Gasteiger partial charge < -0.3 is 9.14 Å². The summed E-state index contributed by atoms with van der Waals surface area (Å²) in [6, 6.07) is 15.6. The minimum absolute atomic E-state index is 0.0955. The van der Waals surface area contributed by atoms with Gasteiger partial charge in [-0.2, -0.15) is 0 Å². The lowest BCUT2D eigenvalue weighted by Gasteiger charge is -2.13. The lowest BCUT2D eigenvalue weighted by Crippen LogP contribution is -2.19. The molecule has 126 valence electrons. The molecule has 2 aromatic carbocycles. The van der Waals surface area contributed by atoms with Crippen LogP contribution in [0.15, 0.2) is 74.2 Å². The summed E-state index contributed by atoms with van der Waals surface area (Å²) in [5.41, 5.74) is 2.44. The molecule has 0 aliphatic rings. The van der Waals surface area contributed by atoms with Crippen LogP contribution in [0.5, 0.6) is 0 Å². The molecule has 1 unspecified atom stereocenters. The molecule has 0 fully saturated rings. The number of nitrogens with zero attached hydrogens (tertiary/aromatic N) is 2. The summed E-state index contributed by atoms with van der Waals surface area (Å²) in [7, 11) is 0.